The Labute approximate surface area is 168 Å². The van der Waals surface area contributed by atoms with Crippen LogP contribution in [0.15, 0.2) is 24.3 Å². The SMILES string of the molecule is COc1ccc(N2CCN(CC[C@H]3CC[C@H](NC(=O)CC#N)CC3)CC2)cc1. The Balaban J connectivity index is 1.32. The van der Waals surface area contributed by atoms with Crippen LogP contribution in [-0.2, 0) is 4.79 Å². The van der Waals surface area contributed by atoms with Crippen molar-refractivity contribution in [1.82, 2.24) is 10.2 Å². The van der Waals surface area contributed by atoms with Crippen LogP contribution in [-0.4, -0.2) is 56.7 Å². The molecule has 1 N–H and O–H groups in total. The molecule has 0 radical (unpaired) electrons. The van der Waals surface area contributed by atoms with E-state index >= 15 is 0 Å². The number of methoxy groups -OCH3 is 1. The van der Waals surface area contributed by atoms with E-state index in [9.17, 15) is 4.79 Å². The standard InChI is InChI=1S/C22H32N4O2/c1-28-21-8-6-20(7-9-21)26-16-14-25(15-17-26)13-11-18-2-4-19(5-3-18)24-22(27)10-12-23/h6-9,18-19H,2-5,10-11,13-17H2,1H3,(H,24,27)/t18-,19-. The lowest BCUT2D eigenvalue weighted by Crippen LogP contribution is -2.47. The average molecular weight is 385 g/mol. The molecule has 6 heteroatoms. The van der Waals surface area contributed by atoms with Crippen LogP contribution >= 0.6 is 0 Å². The van der Waals surface area contributed by atoms with E-state index in [2.05, 4.69) is 27.2 Å². The van der Waals surface area contributed by atoms with Gasteiger partial charge in [-0.25, -0.2) is 0 Å². The van der Waals surface area contributed by atoms with Crippen molar-refractivity contribution in [1.29, 1.82) is 5.26 Å². The van der Waals surface area contributed by atoms with Gasteiger partial charge < -0.3 is 15.0 Å². The molecule has 1 amide bonds. The molecule has 1 aliphatic heterocycles. The number of ether oxygens (including phenoxy) is 1. The number of anilines is 1. The Kier molecular flexibility index (Phi) is 7.55. The molecular formula is C22H32N4O2. The molecule has 6 nitrogen and oxygen atoms in total. The molecule has 0 spiro atoms. The van der Waals surface area contributed by atoms with Crippen LogP contribution in [0.5, 0.6) is 5.75 Å². The van der Waals surface area contributed by atoms with E-state index in [4.69, 9.17) is 10.00 Å². The second-order valence-electron chi connectivity index (χ2n) is 7.94. The molecule has 152 valence electrons. The van der Waals surface area contributed by atoms with Gasteiger partial charge in [-0.15, -0.1) is 0 Å². The second-order valence-corrected chi connectivity index (χ2v) is 7.94. The van der Waals surface area contributed by atoms with Gasteiger partial charge in [0, 0.05) is 37.9 Å². The third-order valence-electron chi connectivity index (χ3n) is 6.11. The highest BCUT2D eigenvalue weighted by molar-refractivity contribution is 5.78. The molecule has 1 saturated heterocycles. The molecule has 0 bridgehead atoms. The fourth-order valence-corrected chi connectivity index (χ4v) is 4.33. The third kappa shape index (κ3) is 5.87. The Hall–Kier alpha value is -2.26. The van der Waals surface area contributed by atoms with Gasteiger partial charge in [-0.3, -0.25) is 9.69 Å². The second kappa shape index (κ2) is 10.3. The van der Waals surface area contributed by atoms with Gasteiger partial charge in [-0.05, 0) is 68.8 Å². The normalized spacial score (nSPS) is 23.1. The van der Waals surface area contributed by atoms with Crippen molar-refractivity contribution < 1.29 is 9.53 Å². The van der Waals surface area contributed by atoms with E-state index in [0.29, 0.717) is 0 Å². The molecule has 1 heterocycles. The highest BCUT2D eigenvalue weighted by atomic mass is 16.5. The average Bonchev–Trinajstić information content (AvgIpc) is 2.74. The smallest absolute Gasteiger partial charge is 0.234 e. The predicted molar refractivity (Wildman–Crippen MR) is 110 cm³/mol. The summed E-state index contributed by atoms with van der Waals surface area (Å²) in [5.41, 5.74) is 1.28. The molecule has 1 aromatic carbocycles. The highest BCUT2D eigenvalue weighted by Gasteiger charge is 2.24. The fraction of sp³-hybridized carbons (Fsp3) is 0.636. The van der Waals surface area contributed by atoms with Gasteiger partial charge in [-0.1, -0.05) is 0 Å². The van der Waals surface area contributed by atoms with Crippen molar-refractivity contribution in [3.05, 3.63) is 24.3 Å². The number of rotatable bonds is 7. The first-order valence-electron chi connectivity index (χ1n) is 10.5. The van der Waals surface area contributed by atoms with Gasteiger partial charge in [0.25, 0.3) is 0 Å². The zero-order valence-corrected chi connectivity index (χ0v) is 16.9. The number of nitriles is 1. The van der Waals surface area contributed by atoms with Crippen LogP contribution < -0.4 is 15.0 Å². The van der Waals surface area contributed by atoms with Gasteiger partial charge in [0.05, 0.1) is 13.2 Å². The number of carbonyl (C=O) groups excluding carboxylic acids is 1. The van der Waals surface area contributed by atoms with Gasteiger partial charge in [0.2, 0.25) is 5.91 Å². The minimum absolute atomic E-state index is 0.0254. The van der Waals surface area contributed by atoms with Crippen molar-refractivity contribution in [3.8, 4) is 11.8 Å². The number of nitrogens with one attached hydrogen (secondary N) is 1. The summed E-state index contributed by atoms with van der Waals surface area (Å²) in [6.45, 7) is 5.55. The van der Waals surface area contributed by atoms with Crippen molar-refractivity contribution in [2.24, 2.45) is 5.92 Å². The highest BCUT2D eigenvalue weighted by Crippen LogP contribution is 2.27. The monoisotopic (exact) mass is 384 g/mol. The molecule has 1 saturated carbocycles. The third-order valence-corrected chi connectivity index (χ3v) is 6.11. The van der Waals surface area contributed by atoms with Gasteiger partial charge >= 0.3 is 0 Å². The van der Waals surface area contributed by atoms with Gasteiger partial charge in [0.15, 0.2) is 0 Å². The molecule has 0 atom stereocenters. The number of carbonyl (C=O) groups is 1. The van der Waals surface area contributed by atoms with Crippen LogP contribution in [0.25, 0.3) is 0 Å². The van der Waals surface area contributed by atoms with Crippen LogP contribution in [0.3, 0.4) is 0 Å². The molecule has 2 aliphatic rings. The van der Waals surface area contributed by atoms with Crippen LogP contribution in [0.2, 0.25) is 0 Å². The maximum atomic E-state index is 11.5. The lowest BCUT2D eigenvalue weighted by Gasteiger charge is -2.37. The summed E-state index contributed by atoms with van der Waals surface area (Å²) >= 11 is 0. The maximum absolute atomic E-state index is 11.5. The summed E-state index contributed by atoms with van der Waals surface area (Å²) in [4.78, 5) is 16.6. The van der Waals surface area contributed by atoms with Crippen molar-refractivity contribution >= 4 is 11.6 Å². The van der Waals surface area contributed by atoms with Gasteiger partial charge in [0.1, 0.15) is 12.2 Å². The summed E-state index contributed by atoms with van der Waals surface area (Å²) in [7, 11) is 1.70. The zero-order chi connectivity index (χ0) is 19.8. The van der Waals surface area contributed by atoms with Gasteiger partial charge in [-0.2, -0.15) is 5.26 Å². The summed E-state index contributed by atoms with van der Waals surface area (Å²) in [6.07, 6.45) is 5.69. The fourth-order valence-electron chi connectivity index (χ4n) is 4.33. The molecular weight excluding hydrogens is 352 g/mol. The lowest BCUT2D eigenvalue weighted by molar-refractivity contribution is -0.121. The topological polar surface area (TPSA) is 68.6 Å². The minimum Gasteiger partial charge on any atom is -0.497 e. The Morgan fingerprint density at radius 2 is 1.82 bits per heavy atom. The van der Waals surface area contributed by atoms with E-state index in [0.717, 1.165) is 50.7 Å². The van der Waals surface area contributed by atoms with E-state index < -0.39 is 0 Å². The van der Waals surface area contributed by atoms with Crippen LogP contribution in [0, 0.1) is 17.2 Å². The minimum atomic E-state index is -0.124. The van der Waals surface area contributed by atoms with Crippen molar-refractivity contribution in [2.45, 2.75) is 44.6 Å². The first kappa shape index (κ1) is 20.5. The summed E-state index contributed by atoms with van der Waals surface area (Å²) in [5.74, 6) is 1.55. The van der Waals surface area contributed by atoms with E-state index in [1.807, 2.05) is 18.2 Å². The molecule has 0 unspecified atom stereocenters. The number of piperazine rings is 1. The summed E-state index contributed by atoms with van der Waals surface area (Å²) < 4.78 is 5.24. The summed E-state index contributed by atoms with van der Waals surface area (Å²) in [6, 6.07) is 10.5. The number of hydrogen-bond acceptors (Lipinski definition) is 5. The van der Waals surface area contributed by atoms with Crippen LogP contribution in [0.1, 0.15) is 38.5 Å². The Bertz CT molecular complexity index is 654. The first-order valence-corrected chi connectivity index (χ1v) is 10.5. The first-order chi connectivity index (χ1) is 13.7. The number of hydrogen-bond donors (Lipinski definition) is 1. The molecule has 28 heavy (non-hydrogen) atoms. The van der Waals surface area contributed by atoms with Crippen molar-refractivity contribution in [2.75, 3.05) is 44.7 Å². The van der Waals surface area contributed by atoms with Crippen LogP contribution in [0.4, 0.5) is 5.69 Å². The molecule has 3 rings (SSSR count). The maximum Gasteiger partial charge on any atom is 0.234 e. The molecule has 0 aromatic heterocycles. The molecule has 1 aromatic rings. The molecule has 1 aliphatic carbocycles. The number of benzene rings is 1. The molecule has 2 fully saturated rings. The number of amides is 1. The Morgan fingerprint density at radius 3 is 2.43 bits per heavy atom. The van der Waals surface area contributed by atoms with E-state index in [1.54, 1.807) is 7.11 Å². The van der Waals surface area contributed by atoms with E-state index in [1.165, 1.54) is 31.5 Å². The van der Waals surface area contributed by atoms with Crippen molar-refractivity contribution in [3.63, 3.8) is 0 Å². The number of nitrogens with zero attached hydrogens (tertiary/aromatic N) is 3. The predicted octanol–water partition coefficient (Wildman–Crippen LogP) is 2.80. The Morgan fingerprint density at radius 1 is 1.14 bits per heavy atom. The quantitative estimate of drug-likeness (QED) is 0.783. The largest absolute Gasteiger partial charge is 0.497 e. The summed E-state index contributed by atoms with van der Waals surface area (Å²) in [5, 5.41) is 11.6. The lowest BCUT2D eigenvalue weighted by atomic mass is 9.84. The zero-order valence-electron chi connectivity index (χ0n) is 16.9. The van der Waals surface area contributed by atoms with E-state index in [-0.39, 0.29) is 18.4 Å².